The fraction of sp³-hybridized carbons (Fsp3) is 0.111. The van der Waals surface area contributed by atoms with Crippen molar-refractivity contribution in [2.75, 3.05) is 0 Å². The molecule has 1 heterocycles. The van der Waals surface area contributed by atoms with Crippen molar-refractivity contribution < 1.29 is 10.0 Å². The number of aryl methyl sites for hydroxylation is 1. The van der Waals surface area contributed by atoms with Crippen molar-refractivity contribution in [2.45, 2.75) is 13.8 Å². The summed E-state index contributed by atoms with van der Waals surface area (Å²) in [5.41, 5.74) is 3.59. The van der Waals surface area contributed by atoms with E-state index in [4.69, 9.17) is 0 Å². The summed E-state index contributed by atoms with van der Waals surface area (Å²) in [6.07, 6.45) is 1.59. The molecule has 3 aromatic rings. The van der Waals surface area contributed by atoms with Crippen LogP contribution in [0.2, 0.25) is 0 Å². The highest BCUT2D eigenvalue weighted by Gasteiger charge is 2.13. The lowest BCUT2D eigenvalue weighted by Gasteiger charge is -2.04. The predicted octanol–water partition coefficient (Wildman–Crippen LogP) is 3.85. The van der Waals surface area contributed by atoms with Crippen LogP contribution >= 0.6 is 0 Å². The molecule has 126 valence electrons. The fourth-order valence-electron chi connectivity index (χ4n) is 2.52. The third-order valence-corrected chi connectivity index (χ3v) is 3.83. The van der Waals surface area contributed by atoms with Crippen molar-refractivity contribution in [1.29, 1.82) is 0 Å². The number of nitro groups is 1. The molecule has 25 heavy (non-hydrogen) atoms. The lowest BCUT2D eigenvalue weighted by Crippen LogP contribution is -1.99. The van der Waals surface area contributed by atoms with E-state index in [1.165, 1.54) is 12.1 Å². The summed E-state index contributed by atoms with van der Waals surface area (Å²) in [6.45, 7) is 3.71. The summed E-state index contributed by atoms with van der Waals surface area (Å²) in [4.78, 5) is 14.8. The molecule has 7 heteroatoms. The minimum Gasteiger partial charge on any atom is -0.507 e. The van der Waals surface area contributed by atoms with Gasteiger partial charge in [0.05, 0.1) is 22.0 Å². The van der Waals surface area contributed by atoms with Gasteiger partial charge in [-0.2, -0.15) is 5.10 Å². The van der Waals surface area contributed by atoms with Crippen LogP contribution in [0.4, 0.5) is 11.4 Å². The van der Waals surface area contributed by atoms with Gasteiger partial charge in [-0.1, -0.05) is 12.1 Å². The highest BCUT2D eigenvalue weighted by Crippen LogP contribution is 2.27. The number of benzene rings is 2. The largest absolute Gasteiger partial charge is 0.507 e. The molecule has 0 spiro atoms. The number of aromatic nitrogens is 2. The zero-order valence-electron chi connectivity index (χ0n) is 13.7. The molecule has 0 bridgehead atoms. The second-order valence-corrected chi connectivity index (χ2v) is 5.52. The maximum absolute atomic E-state index is 10.8. The van der Waals surface area contributed by atoms with Crippen LogP contribution in [0.3, 0.4) is 0 Å². The van der Waals surface area contributed by atoms with Gasteiger partial charge >= 0.3 is 0 Å². The Morgan fingerprint density at radius 3 is 2.48 bits per heavy atom. The van der Waals surface area contributed by atoms with Gasteiger partial charge in [0.25, 0.3) is 5.69 Å². The van der Waals surface area contributed by atoms with Gasteiger partial charge in [0.2, 0.25) is 0 Å². The van der Waals surface area contributed by atoms with E-state index in [1.807, 2.05) is 19.9 Å². The number of non-ortho nitro benzene ring substituents is 1. The van der Waals surface area contributed by atoms with E-state index in [0.29, 0.717) is 11.3 Å². The smallest absolute Gasteiger partial charge is 0.269 e. The van der Waals surface area contributed by atoms with E-state index in [-0.39, 0.29) is 11.4 Å². The van der Waals surface area contributed by atoms with Gasteiger partial charge in [-0.25, -0.2) is 4.68 Å². The number of nitrogens with zero attached hydrogens (tertiary/aromatic N) is 4. The van der Waals surface area contributed by atoms with Crippen LogP contribution in [-0.2, 0) is 0 Å². The number of rotatable bonds is 4. The quantitative estimate of drug-likeness (QED) is 0.445. The van der Waals surface area contributed by atoms with Crippen molar-refractivity contribution in [2.24, 2.45) is 4.99 Å². The summed E-state index contributed by atoms with van der Waals surface area (Å²) in [6, 6.07) is 13.1. The van der Waals surface area contributed by atoms with Gasteiger partial charge in [0.15, 0.2) is 0 Å². The summed E-state index contributed by atoms with van der Waals surface area (Å²) < 4.78 is 1.69. The van der Waals surface area contributed by atoms with Crippen molar-refractivity contribution in [3.05, 3.63) is 75.6 Å². The van der Waals surface area contributed by atoms with E-state index >= 15 is 0 Å². The van der Waals surface area contributed by atoms with Crippen LogP contribution in [0, 0.1) is 24.0 Å². The Bertz CT molecular complexity index is 959. The summed E-state index contributed by atoms with van der Waals surface area (Å²) in [7, 11) is 0. The van der Waals surface area contributed by atoms with Crippen molar-refractivity contribution in [3.8, 4) is 11.4 Å². The third kappa shape index (κ3) is 3.25. The molecular weight excluding hydrogens is 320 g/mol. The molecule has 0 radical (unpaired) electrons. The van der Waals surface area contributed by atoms with Crippen LogP contribution in [0.1, 0.15) is 17.0 Å². The average Bonchev–Trinajstić information content (AvgIpc) is 2.89. The van der Waals surface area contributed by atoms with Crippen molar-refractivity contribution >= 4 is 17.6 Å². The molecule has 0 amide bonds. The van der Waals surface area contributed by atoms with Gasteiger partial charge < -0.3 is 5.11 Å². The minimum atomic E-state index is -0.437. The van der Waals surface area contributed by atoms with E-state index in [2.05, 4.69) is 10.1 Å². The maximum atomic E-state index is 10.8. The zero-order valence-corrected chi connectivity index (χ0v) is 13.7. The van der Waals surface area contributed by atoms with Crippen molar-refractivity contribution in [3.63, 3.8) is 0 Å². The lowest BCUT2D eigenvalue weighted by atomic mass is 10.2. The summed E-state index contributed by atoms with van der Waals surface area (Å²) >= 11 is 0. The average molecular weight is 336 g/mol. The normalized spacial score (nSPS) is 11.1. The van der Waals surface area contributed by atoms with Crippen LogP contribution in [0.5, 0.6) is 5.75 Å². The number of para-hydroxylation sites is 1. The Labute approximate surface area is 144 Å². The highest BCUT2D eigenvalue weighted by molar-refractivity contribution is 5.85. The van der Waals surface area contributed by atoms with E-state index in [1.54, 1.807) is 41.2 Å². The molecule has 0 aliphatic heterocycles. The standard InChI is InChI=1S/C18H16N4O3/c1-12-18(19-11-14-5-3-4-6-17(14)23)13(2)21(20-12)15-7-9-16(10-8-15)22(24)25/h3-11,23H,1-2H3. The number of nitro benzene ring substituents is 1. The molecule has 0 aliphatic carbocycles. The van der Waals surface area contributed by atoms with Gasteiger partial charge in [-0.15, -0.1) is 0 Å². The molecule has 1 N–H and O–H groups in total. The van der Waals surface area contributed by atoms with Crippen LogP contribution in [0.15, 0.2) is 53.5 Å². The Morgan fingerprint density at radius 2 is 1.84 bits per heavy atom. The van der Waals surface area contributed by atoms with Gasteiger partial charge in [0, 0.05) is 23.9 Å². The van der Waals surface area contributed by atoms with Gasteiger partial charge in [-0.05, 0) is 38.1 Å². The predicted molar refractivity (Wildman–Crippen MR) is 95.1 cm³/mol. The Morgan fingerprint density at radius 1 is 1.16 bits per heavy atom. The molecule has 0 fully saturated rings. The number of phenols is 1. The molecule has 7 nitrogen and oxygen atoms in total. The summed E-state index contributed by atoms with van der Waals surface area (Å²) in [5.74, 6) is 0.157. The minimum absolute atomic E-state index is 0.0306. The Kier molecular flexibility index (Phi) is 4.30. The fourth-order valence-corrected chi connectivity index (χ4v) is 2.52. The topological polar surface area (TPSA) is 93.5 Å². The number of phenolic OH excluding ortho intramolecular Hbond substituents is 1. The molecule has 0 aliphatic rings. The van der Waals surface area contributed by atoms with Crippen LogP contribution < -0.4 is 0 Å². The monoisotopic (exact) mass is 336 g/mol. The van der Waals surface area contributed by atoms with Crippen LogP contribution in [-0.4, -0.2) is 26.0 Å². The van der Waals surface area contributed by atoms with Gasteiger partial charge in [-0.3, -0.25) is 15.1 Å². The molecule has 0 saturated heterocycles. The maximum Gasteiger partial charge on any atom is 0.269 e. The zero-order chi connectivity index (χ0) is 18.0. The van der Waals surface area contributed by atoms with E-state index in [0.717, 1.165) is 17.1 Å². The molecule has 3 rings (SSSR count). The van der Waals surface area contributed by atoms with Crippen molar-refractivity contribution in [1.82, 2.24) is 9.78 Å². The molecule has 0 atom stereocenters. The highest BCUT2D eigenvalue weighted by atomic mass is 16.6. The second kappa shape index (κ2) is 6.56. The first-order chi connectivity index (χ1) is 12.0. The molecular formula is C18H16N4O3. The first-order valence-corrected chi connectivity index (χ1v) is 7.60. The van der Waals surface area contributed by atoms with E-state index in [9.17, 15) is 15.2 Å². The molecule has 1 aromatic heterocycles. The summed E-state index contributed by atoms with van der Waals surface area (Å²) in [5, 5.41) is 25.0. The molecule has 2 aromatic carbocycles. The second-order valence-electron chi connectivity index (χ2n) is 5.52. The van der Waals surface area contributed by atoms with Crippen LogP contribution in [0.25, 0.3) is 5.69 Å². The van der Waals surface area contributed by atoms with E-state index < -0.39 is 4.92 Å². The Balaban J connectivity index is 1.96. The Hall–Kier alpha value is -3.48. The number of hydrogen-bond acceptors (Lipinski definition) is 5. The molecule has 0 unspecified atom stereocenters. The lowest BCUT2D eigenvalue weighted by molar-refractivity contribution is -0.384. The first-order valence-electron chi connectivity index (χ1n) is 7.60. The molecule has 0 saturated carbocycles. The third-order valence-electron chi connectivity index (χ3n) is 3.83. The van der Waals surface area contributed by atoms with Gasteiger partial charge in [0.1, 0.15) is 11.4 Å². The number of aromatic hydroxyl groups is 1. The first kappa shape index (κ1) is 16.4. The SMILES string of the molecule is Cc1nn(-c2ccc([N+](=O)[O-])cc2)c(C)c1N=Cc1ccccc1O. The number of aliphatic imine (C=N–C) groups is 1. The number of hydrogen-bond donors (Lipinski definition) is 1.